The minimum Gasteiger partial charge on any atom is -0.480 e. The van der Waals surface area contributed by atoms with E-state index >= 15 is 0 Å². The van der Waals surface area contributed by atoms with E-state index < -0.39 is 30.1 Å². The van der Waals surface area contributed by atoms with Crippen LogP contribution in [-0.4, -0.2) is 33.6 Å². The van der Waals surface area contributed by atoms with Gasteiger partial charge in [-0.05, 0) is 31.2 Å². The van der Waals surface area contributed by atoms with E-state index in [-0.39, 0.29) is 4.90 Å². The Morgan fingerprint density at radius 2 is 1.76 bits per heavy atom. The lowest BCUT2D eigenvalue weighted by molar-refractivity contribution is -0.138. The van der Waals surface area contributed by atoms with Crippen LogP contribution in [0.3, 0.4) is 0 Å². The van der Waals surface area contributed by atoms with Gasteiger partial charge in [-0.25, -0.2) is 8.42 Å². The topological polar surface area (TPSA) is 83.5 Å². The Labute approximate surface area is 126 Å². The standard InChI is InChI=1S/C14H19NO4SSi/c1-11(14(16)17)15-20(18,19)13-7-5-12(6-8-13)9-10-21(2,3)4/h5-8,11,15H,1-4H3,(H,16,17)/t11-/m1/s1. The maximum atomic E-state index is 12.0. The molecule has 0 unspecified atom stereocenters. The largest absolute Gasteiger partial charge is 0.480 e. The van der Waals surface area contributed by atoms with Crippen molar-refractivity contribution in [2.75, 3.05) is 0 Å². The van der Waals surface area contributed by atoms with E-state index in [0.717, 1.165) is 5.56 Å². The van der Waals surface area contributed by atoms with Crippen molar-refractivity contribution >= 4 is 24.1 Å². The second kappa shape index (κ2) is 6.43. The van der Waals surface area contributed by atoms with E-state index in [4.69, 9.17) is 5.11 Å². The molecule has 7 heteroatoms. The highest BCUT2D eigenvalue weighted by Crippen LogP contribution is 2.11. The zero-order chi connectivity index (χ0) is 16.3. The van der Waals surface area contributed by atoms with Gasteiger partial charge in [-0.2, -0.15) is 4.72 Å². The summed E-state index contributed by atoms with van der Waals surface area (Å²) in [6, 6.07) is 4.90. The van der Waals surface area contributed by atoms with Gasteiger partial charge < -0.3 is 5.11 Å². The van der Waals surface area contributed by atoms with Crippen molar-refractivity contribution in [2.24, 2.45) is 0 Å². The Morgan fingerprint density at radius 3 is 2.19 bits per heavy atom. The molecule has 0 saturated carbocycles. The highest BCUT2D eigenvalue weighted by Gasteiger charge is 2.21. The van der Waals surface area contributed by atoms with Gasteiger partial charge in [0.15, 0.2) is 0 Å². The molecule has 0 amide bonds. The zero-order valence-corrected chi connectivity index (χ0v) is 14.3. The van der Waals surface area contributed by atoms with E-state index in [0.29, 0.717) is 0 Å². The number of carboxylic acid groups (broad SMARTS) is 1. The number of aliphatic carboxylic acids is 1. The predicted octanol–water partition coefficient (Wildman–Crippen LogP) is 1.67. The number of carboxylic acids is 1. The van der Waals surface area contributed by atoms with Gasteiger partial charge in [-0.1, -0.05) is 25.6 Å². The van der Waals surface area contributed by atoms with Gasteiger partial charge in [0.2, 0.25) is 10.0 Å². The molecular formula is C14H19NO4SSi. The average molecular weight is 325 g/mol. The maximum absolute atomic E-state index is 12.0. The summed E-state index contributed by atoms with van der Waals surface area (Å²) in [5, 5.41) is 8.74. The van der Waals surface area contributed by atoms with Crippen LogP contribution in [0.1, 0.15) is 12.5 Å². The number of carbonyl (C=O) groups is 1. The lowest BCUT2D eigenvalue weighted by atomic mass is 10.2. The van der Waals surface area contributed by atoms with E-state index in [1.54, 1.807) is 12.1 Å². The maximum Gasteiger partial charge on any atom is 0.321 e. The van der Waals surface area contributed by atoms with Gasteiger partial charge in [0, 0.05) is 5.56 Å². The van der Waals surface area contributed by atoms with Crippen LogP contribution in [0.25, 0.3) is 0 Å². The number of benzene rings is 1. The summed E-state index contributed by atoms with van der Waals surface area (Å²) in [6.07, 6.45) is 0. The van der Waals surface area contributed by atoms with Crippen molar-refractivity contribution in [3.63, 3.8) is 0 Å². The number of rotatable bonds is 4. The molecule has 114 valence electrons. The Bertz CT molecular complexity index is 678. The summed E-state index contributed by atoms with van der Waals surface area (Å²) in [5.41, 5.74) is 3.93. The molecule has 21 heavy (non-hydrogen) atoms. The van der Waals surface area contributed by atoms with Crippen LogP contribution in [0, 0.1) is 11.5 Å². The molecule has 1 atom stereocenters. The van der Waals surface area contributed by atoms with Crippen molar-refractivity contribution in [2.45, 2.75) is 37.5 Å². The van der Waals surface area contributed by atoms with E-state index in [1.807, 2.05) is 0 Å². The summed E-state index contributed by atoms with van der Waals surface area (Å²) in [5.74, 6) is 1.80. The summed E-state index contributed by atoms with van der Waals surface area (Å²) in [4.78, 5) is 10.7. The van der Waals surface area contributed by atoms with E-state index in [2.05, 4.69) is 35.8 Å². The molecule has 0 bridgehead atoms. The molecular weight excluding hydrogens is 306 g/mol. The summed E-state index contributed by atoms with van der Waals surface area (Å²) < 4.78 is 26.0. The molecule has 5 nitrogen and oxygen atoms in total. The quantitative estimate of drug-likeness (QED) is 0.651. The first-order valence-corrected chi connectivity index (χ1v) is 11.4. The number of sulfonamides is 1. The highest BCUT2D eigenvalue weighted by molar-refractivity contribution is 7.89. The van der Waals surface area contributed by atoms with Crippen molar-refractivity contribution in [3.8, 4) is 11.5 Å². The lowest BCUT2D eigenvalue weighted by Gasteiger charge is -2.10. The van der Waals surface area contributed by atoms with Gasteiger partial charge in [-0.3, -0.25) is 4.79 Å². The van der Waals surface area contributed by atoms with Crippen molar-refractivity contribution in [3.05, 3.63) is 29.8 Å². The smallest absolute Gasteiger partial charge is 0.321 e. The fourth-order valence-electron chi connectivity index (χ4n) is 1.33. The zero-order valence-electron chi connectivity index (χ0n) is 12.5. The van der Waals surface area contributed by atoms with Gasteiger partial charge >= 0.3 is 5.97 Å². The highest BCUT2D eigenvalue weighted by atomic mass is 32.2. The van der Waals surface area contributed by atoms with Gasteiger partial charge in [-0.15, -0.1) is 5.54 Å². The predicted molar refractivity (Wildman–Crippen MR) is 84.1 cm³/mol. The molecule has 0 aromatic heterocycles. The second-order valence-corrected chi connectivity index (χ2v) is 12.2. The monoisotopic (exact) mass is 325 g/mol. The minimum absolute atomic E-state index is 0.0224. The third-order valence-corrected chi connectivity index (χ3v) is 4.88. The first-order chi connectivity index (χ1) is 9.51. The minimum atomic E-state index is -3.83. The molecule has 0 spiro atoms. The van der Waals surface area contributed by atoms with Crippen LogP contribution in [0.15, 0.2) is 29.2 Å². The molecule has 0 radical (unpaired) electrons. The van der Waals surface area contributed by atoms with Gasteiger partial charge in [0.05, 0.1) is 4.90 Å². The van der Waals surface area contributed by atoms with Gasteiger partial charge in [0.1, 0.15) is 14.1 Å². The lowest BCUT2D eigenvalue weighted by Crippen LogP contribution is -2.38. The van der Waals surface area contributed by atoms with Crippen LogP contribution in [0.4, 0.5) is 0 Å². The molecule has 0 aliphatic carbocycles. The summed E-state index contributed by atoms with van der Waals surface area (Å²) in [6.45, 7) is 7.63. The van der Waals surface area contributed by atoms with E-state index in [9.17, 15) is 13.2 Å². The van der Waals surface area contributed by atoms with Crippen LogP contribution in [-0.2, 0) is 14.8 Å². The Balaban J connectivity index is 2.96. The molecule has 0 aliphatic rings. The van der Waals surface area contributed by atoms with Gasteiger partial charge in [0.25, 0.3) is 0 Å². The van der Waals surface area contributed by atoms with Crippen LogP contribution in [0.5, 0.6) is 0 Å². The Hall–Kier alpha value is -1.62. The molecule has 1 aromatic rings. The summed E-state index contributed by atoms with van der Waals surface area (Å²) >= 11 is 0. The summed E-state index contributed by atoms with van der Waals surface area (Å²) in [7, 11) is -5.32. The molecule has 1 rings (SSSR count). The fourth-order valence-corrected chi connectivity index (χ4v) is 3.04. The molecule has 0 heterocycles. The molecule has 2 N–H and O–H groups in total. The van der Waals surface area contributed by atoms with Crippen molar-refractivity contribution < 1.29 is 18.3 Å². The molecule has 1 aromatic carbocycles. The second-order valence-electron chi connectivity index (χ2n) is 5.71. The molecule has 0 saturated heterocycles. The van der Waals surface area contributed by atoms with Crippen molar-refractivity contribution in [1.82, 2.24) is 4.72 Å². The van der Waals surface area contributed by atoms with Crippen LogP contribution in [0.2, 0.25) is 19.6 Å². The fraction of sp³-hybridized carbons (Fsp3) is 0.357. The Kier molecular flexibility index (Phi) is 5.34. The average Bonchev–Trinajstić information content (AvgIpc) is 2.35. The van der Waals surface area contributed by atoms with E-state index in [1.165, 1.54) is 19.1 Å². The number of nitrogens with one attached hydrogen (secondary N) is 1. The number of hydrogen-bond donors (Lipinski definition) is 2. The Morgan fingerprint density at radius 1 is 1.24 bits per heavy atom. The van der Waals surface area contributed by atoms with Crippen LogP contribution < -0.4 is 4.72 Å². The molecule has 0 aliphatic heterocycles. The number of hydrogen-bond acceptors (Lipinski definition) is 3. The normalized spacial score (nSPS) is 13.1. The third-order valence-electron chi connectivity index (χ3n) is 2.45. The first kappa shape index (κ1) is 17.4. The van der Waals surface area contributed by atoms with Crippen LogP contribution >= 0.6 is 0 Å². The third kappa shape index (κ3) is 5.71. The SMILES string of the molecule is C[C@@H](NS(=O)(=O)c1ccc(C#C[Si](C)(C)C)cc1)C(=O)O. The molecule has 0 fully saturated rings. The first-order valence-electron chi connectivity index (χ1n) is 6.40. The van der Waals surface area contributed by atoms with Crippen molar-refractivity contribution in [1.29, 1.82) is 0 Å².